The van der Waals surface area contributed by atoms with Gasteiger partial charge in [0.05, 0.1) is 14.2 Å². The average molecular weight is 379 g/mol. The molecule has 0 saturated heterocycles. The molecular formula is C23H25NO4. The number of carbonyl (C=O) groups is 1. The van der Waals surface area contributed by atoms with Crippen molar-refractivity contribution in [3.8, 4) is 17.2 Å². The lowest BCUT2D eigenvalue weighted by atomic mass is 10.1. The van der Waals surface area contributed by atoms with Crippen molar-refractivity contribution >= 4 is 16.7 Å². The van der Waals surface area contributed by atoms with Crippen LogP contribution in [0.25, 0.3) is 10.8 Å². The molecule has 0 saturated carbocycles. The minimum atomic E-state index is -0.0646. The molecular weight excluding hydrogens is 354 g/mol. The predicted octanol–water partition coefficient (Wildman–Crippen LogP) is 4.28. The molecule has 0 fully saturated rings. The zero-order chi connectivity index (χ0) is 19.9. The van der Waals surface area contributed by atoms with Crippen LogP contribution < -0.4 is 14.2 Å². The molecule has 0 heterocycles. The summed E-state index contributed by atoms with van der Waals surface area (Å²) < 4.78 is 16.5. The van der Waals surface area contributed by atoms with E-state index < -0.39 is 0 Å². The first-order valence-electron chi connectivity index (χ1n) is 9.25. The molecule has 146 valence electrons. The fourth-order valence-corrected chi connectivity index (χ4v) is 3.13. The van der Waals surface area contributed by atoms with Gasteiger partial charge in [0.25, 0.3) is 5.91 Å². The summed E-state index contributed by atoms with van der Waals surface area (Å²) in [5, 5.41) is 2.09. The van der Waals surface area contributed by atoms with Gasteiger partial charge in [0.2, 0.25) is 0 Å². The molecule has 0 aliphatic carbocycles. The van der Waals surface area contributed by atoms with E-state index in [1.807, 2.05) is 67.6 Å². The minimum Gasteiger partial charge on any atom is -0.493 e. The average Bonchev–Trinajstić information content (AvgIpc) is 2.75. The van der Waals surface area contributed by atoms with Gasteiger partial charge in [-0.2, -0.15) is 0 Å². The van der Waals surface area contributed by atoms with E-state index >= 15 is 0 Å². The van der Waals surface area contributed by atoms with Crippen LogP contribution in [0, 0.1) is 0 Å². The molecule has 0 unspecified atom stereocenters. The van der Waals surface area contributed by atoms with Crippen LogP contribution in [0.2, 0.25) is 0 Å². The summed E-state index contributed by atoms with van der Waals surface area (Å²) in [6.07, 6.45) is 0. The Morgan fingerprint density at radius 2 is 1.64 bits per heavy atom. The van der Waals surface area contributed by atoms with E-state index in [0.717, 1.165) is 16.3 Å². The highest BCUT2D eigenvalue weighted by Gasteiger charge is 2.15. The molecule has 5 heteroatoms. The number of fused-ring (bicyclic) bond motifs is 1. The fourth-order valence-electron chi connectivity index (χ4n) is 3.13. The van der Waals surface area contributed by atoms with E-state index in [0.29, 0.717) is 30.3 Å². The van der Waals surface area contributed by atoms with Crippen molar-refractivity contribution in [2.24, 2.45) is 0 Å². The Bertz CT molecular complexity index is 949. The van der Waals surface area contributed by atoms with E-state index in [1.165, 1.54) is 0 Å². The van der Waals surface area contributed by atoms with Gasteiger partial charge in [0.1, 0.15) is 5.75 Å². The summed E-state index contributed by atoms with van der Waals surface area (Å²) in [4.78, 5) is 14.5. The number of methoxy groups -OCH3 is 2. The van der Waals surface area contributed by atoms with Crippen molar-refractivity contribution in [1.82, 2.24) is 4.90 Å². The monoisotopic (exact) mass is 379 g/mol. The van der Waals surface area contributed by atoms with Gasteiger partial charge in [-0.15, -0.1) is 0 Å². The van der Waals surface area contributed by atoms with Crippen LogP contribution in [0.5, 0.6) is 17.2 Å². The highest BCUT2D eigenvalue weighted by atomic mass is 16.5. The van der Waals surface area contributed by atoms with Gasteiger partial charge in [-0.25, -0.2) is 0 Å². The molecule has 0 aromatic heterocycles. The molecule has 5 nitrogen and oxygen atoms in total. The molecule has 0 aliphatic rings. The van der Waals surface area contributed by atoms with Gasteiger partial charge in [-0.1, -0.05) is 42.5 Å². The first-order valence-corrected chi connectivity index (χ1v) is 9.25. The number of hydrogen-bond acceptors (Lipinski definition) is 4. The minimum absolute atomic E-state index is 0.00482. The summed E-state index contributed by atoms with van der Waals surface area (Å²) in [6.45, 7) is 3.02. The SMILES string of the molecule is CCN(Cc1ccc(OC)c(OC)c1)C(=O)COc1cccc2ccccc12. The van der Waals surface area contributed by atoms with Crippen LogP contribution in [0.3, 0.4) is 0 Å². The molecule has 0 spiro atoms. The van der Waals surface area contributed by atoms with Crippen LogP contribution in [-0.2, 0) is 11.3 Å². The normalized spacial score (nSPS) is 10.5. The van der Waals surface area contributed by atoms with Gasteiger partial charge in [0, 0.05) is 18.5 Å². The third-order valence-electron chi connectivity index (χ3n) is 4.66. The van der Waals surface area contributed by atoms with Gasteiger partial charge in [-0.05, 0) is 36.1 Å². The van der Waals surface area contributed by atoms with Crippen LogP contribution in [0.1, 0.15) is 12.5 Å². The van der Waals surface area contributed by atoms with Gasteiger partial charge < -0.3 is 19.1 Å². The summed E-state index contributed by atoms with van der Waals surface area (Å²) in [5.41, 5.74) is 0.970. The third kappa shape index (κ3) is 4.36. The third-order valence-corrected chi connectivity index (χ3v) is 4.66. The zero-order valence-electron chi connectivity index (χ0n) is 16.5. The van der Waals surface area contributed by atoms with Crippen molar-refractivity contribution in [1.29, 1.82) is 0 Å². The number of likely N-dealkylation sites (N-methyl/N-ethyl adjacent to an activating group) is 1. The van der Waals surface area contributed by atoms with E-state index in [1.54, 1.807) is 19.1 Å². The van der Waals surface area contributed by atoms with E-state index in [4.69, 9.17) is 14.2 Å². The molecule has 0 atom stereocenters. The number of amides is 1. The Hall–Kier alpha value is -3.21. The fraction of sp³-hybridized carbons (Fsp3) is 0.261. The molecule has 0 aliphatic heterocycles. The number of rotatable bonds is 8. The maximum absolute atomic E-state index is 12.7. The number of hydrogen-bond donors (Lipinski definition) is 0. The number of carbonyl (C=O) groups excluding carboxylic acids is 1. The smallest absolute Gasteiger partial charge is 0.260 e. The summed E-state index contributed by atoms with van der Waals surface area (Å²) in [7, 11) is 3.20. The van der Waals surface area contributed by atoms with E-state index in [9.17, 15) is 4.79 Å². The Morgan fingerprint density at radius 1 is 0.893 bits per heavy atom. The topological polar surface area (TPSA) is 48.0 Å². The van der Waals surface area contributed by atoms with Crippen LogP contribution in [0.15, 0.2) is 60.7 Å². The summed E-state index contributed by atoms with van der Waals surface area (Å²) in [6, 6.07) is 19.5. The maximum Gasteiger partial charge on any atom is 0.260 e. The molecule has 0 N–H and O–H groups in total. The van der Waals surface area contributed by atoms with Crippen LogP contribution in [-0.4, -0.2) is 38.2 Å². The Kier molecular flexibility index (Phi) is 6.37. The molecule has 3 rings (SSSR count). The molecule has 3 aromatic carbocycles. The lowest BCUT2D eigenvalue weighted by molar-refractivity contribution is -0.133. The van der Waals surface area contributed by atoms with E-state index in [2.05, 4.69) is 0 Å². The van der Waals surface area contributed by atoms with Crippen molar-refractivity contribution < 1.29 is 19.0 Å². The zero-order valence-corrected chi connectivity index (χ0v) is 16.5. The second-order valence-electron chi connectivity index (χ2n) is 6.36. The lowest BCUT2D eigenvalue weighted by Crippen LogP contribution is -2.34. The lowest BCUT2D eigenvalue weighted by Gasteiger charge is -2.22. The first kappa shape index (κ1) is 19.5. The summed E-state index contributed by atoms with van der Waals surface area (Å²) >= 11 is 0. The number of nitrogens with zero attached hydrogens (tertiary/aromatic N) is 1. The second-order valence-corrected chi connectivity index (χ2v) is 6.36. The first-order chi connectivity index (χ1) is 13.7. The Balaban J connectivity index is 1.68. The van der Waals surface area contributed by atoms with Gasteiger partial charge in [0.15, 0.2) is 18.1 Å². The predicted molar refractivity (Wildman–Crippen MR) is 110 cm³/mol. The molecule has 1 amide bonds. The quantitative estimate of drug-likeness (QED) is 0.586. The number of benzene rings is 3. The Morgan fingerprint density at radius 3 is 2.39 bits per heavy atom. The van der Waals surface area contributed by atoms with Crippen molar-refractivity contribution in [2.45, 2.75) is 13.5 Å². The molecule has 3 aromatic rings. The van der Waals surface area contributed by atoms with Crippen molar-refractivity contribution in [2.75, 3.05) is 27.4 Å². The van der Waals surface area contributed by atoms with Gasteiger partial charge >= 0.3 is 0 Å². The van der Waals surface area contributed by atoms with Crippen LogP contribution in [0.4, 0.5) is 0 Å². The Labute approximate surface area is 165 Å². The standard InChI is InChI=1S/C23H25NO4/c1-4-24(15-17-12-13-21(26-2)22(14-17)27-3)23(25)16-28-20-11-7-9-18-8-5-6-10-19(18)20/h5-14H,4,15-16H2,1-3H3. The van der Waals surface area contributed by atoms with Crippen LogP contribution >= 0.6 is 0 Å². The second kappa shape index (κ2) is 9.13. The molecule has 0 bridgehead atoms. The van der Waals surface area contributed by atoms with Gasteiger partial charge in [-0.3, -0.25) is 4.79 Å². The van der Waals surface area contributed by atoms with Crippen molar-refractivity contribution in [3.63, 3.8) is 0 Å². The van der Waals surface area contributed by atoms with Crippen molar-refractivity contribution in [3.05, 3.63) is 66.2 Å². The van der Waals surface area contributed by atoms with E-state index in [-0.39, 0.29) is 12.5 Å². The maximum atomic E-state index is 12.7. The molecule has 28 heavy (non-hydrogen) atoms. The summed E-state index contributed by atoms with van der Waals surface area (Å²) in [5.74, 6) is 1.97. The largest absolute Gasteiger partial charge is 0.493 e. The highest BCUT2D eigenvalue weighted by Crippen LogP contribution is 2.28. The highest BCUT2D eigenvalue weighted by molar-refractivity contribution is 5.88. The number of ether oxygens (including phenoxy) is 3. The molecule has 0 radical (unpaired) electrons.